The molecule has 0 spiro atoms. The maximum atomic E-state index is 13.6. The summed E-state index contributed by atoms with van der Waals surface area (Å²) >= 11 is 1.72. The first-order valence-corrected chi connectivity index (χ1v) is 15.8. The van der Waals surface area contributed by atoms with Gasteiger partial charge in [-0.2, -0.15) is 0 Å². The minimum absolute atomic E-state index is 0.0536. The van der Waals surface area contributed by atoms with Crippen LogP contribution in [0.3, 0.4) is 0 Å². The van der Waals surface area contributed by atoms with Gasteiger partial charge in [0.15, 0.2) is 0 Å². The minimum atomic E-state index is 0.0536. The van der Waals surface area contributed by atoms with Gasteiger partial charge in [0, 0.05) is 26.9 Å². The van der Waals surface area contributed by atoms with E-state index >= 15 is 0 Å². The number of pyridine rings is 1. The van der Waals surface area contributed by atoms with Gasteiger partial charge in [0.2, 0.25) is 0 Å². The lowest BCUT2D eigenvalue weighted by atomic mass is 9.91. The summed E-state index contributed by atoms with van der Waals surface area (Å²) in [4.78, 5) is 13.6. The summed E-state index contributed by atoms with van der Waals surface area (Å²) in [6, 6.07) is 47.6. The zero-order valence-electron chi connectivity index (χ0n) is 23.5. The van der Waals surface area contributed by atoms with E-state index in [4.69, 9.17) is 0 Å². The second-order valence-corrected chi connectivity index (χ2v) is 12.6. The predicted octanol–water partition coefficient (Wildman–Crippen LogP) is 11.1. The SMILES string of the molecule is O=c1c2ccccc2c2scc3c4cc(-c5cccc(-c6ccc7c8ccccc8c8ccccc8c7c6)c5)ccc4n1c32. The highest BCUT2D eigenvalue weighted by atomic mass is 32.1. The molecule has 0 radical (unpaired) electrons. The van der Waals surface area contributed by atoms with Crippen molar-refractivity contribution in [2.75, 3.05) is 0 Å². The fraction of sp³-hybridized carbons (Fsp3) is 0. The summed E-state index contributed by atoms with van der Waals surface area (Å²) in [7, 11) is 0. The van der Waals surface area contributed by atoms with Gasteiger partial charge in [-0.3, -0.25) is 9.20 Å². The smallest absolute Gasteiger partial charge is 0.263 e. The molecule has 3 heteroatoms. The van der Waals surface area contributed by atoms with Crippen LogP contribution in [0.5, 0.6) is 0 Å². The van der Waals surface area contributed by atoms with Crippen molar-refractivity contribution in [3.8, 4) is 22.3 Å². The van der Waals surface area contributed by atoms with Crippen molar-refractivity contribution in [3.63, 3.8) is 0 Å². The largest absolute Gasteiger partial charge is 0.274 e. The van der Waals surface area contributed by atoms with Crippen LogP contribution in [0.15, 0.2) is 144 Å². The van der Waals surface area contributed by atoms with Crippen LogP contribution in [-0.2, 0) is 0 Å². The Morgan fingerprint density at radius 1 is 0.409 bits per heavy atom. The van der Waals surface area contributed by atoms with Gasteiger partial charge in [-0.25, -0.2) is 0 Å². The van der Waals surface area contributed by atoms with Gasteiger partial charge in [0.1, 0.15) is 0 Å². The van der Waals surface area contributed by atoms with Gasteiger partial charge in [-0.05, 0) is 84.9 Å². The third-order valence-corrected chi connectivity index (χ3v) is 10.4. The molecule has 0 amide bonds. The molecule has 7 aromatic carbocycles. The summed E-state index contributed by atoms with van der Waals surface area (Å²) in [5, 5.41) is 14.0. The van der Waals surface area contributed by atoms with Crippen LogP contribution in [-0.4, -0.2) is 4.40 Å². The molecule has 10 rings (SSSR count). The first kappa shape index (κ1) is 24.0. The molecule has 0 fully saturated rings. The Balaban J connectivity index is 1.16. The fourth-order valence-electron chi connectivity index (χ4n) is 7.37. The van der Waals surface area contributed by atoms with Crippen LogP contribution >= 0.6 is 11.3 Å². The van der Waals surface area contributed by atoms with Crippen LogP contribution in [0, 0.1) is 0 Å². The van der Waals surface area contributed by atoms with Gasteiger partial charge in [-0.15, -0.1) is 11.3 Å². The lowest BCUT2D eigenvalue weighted by Gasteiger charge is -2.12. The summed E-state index contributed by atoms with van der Waals surface area (Å²) < 4.78 is 3.09. The van der Waals surface area contributed by atoms with E-state index in [1.54, 1.807) is 11.3 Å². The molecule has 0 aliphatic rings. The molecule has 0 unspecified atom stereocenters. The van der Waals surface area contributed by atoms with Crippen molar-refractivity contribution < 1.29 is 0 Å². The summed E-state index contributed by atoms with van der Waals surface area (Å²) in [5.41, 5.74) is 6.75. The molecular formula is C41H23NOS. The Kier molecular flexibility index (Phi) is 4.78. The molecule has 3 heterocycles. The number of fused-ring (bicyclic) bond motifs is 11. The molecule has 2 nitrogen and oxygen atoms in total. The van der Waals surface area contributed by atoms with E-state index in [1.165, 1.54) is 48.1 Å². The molecule has 204 valence electrons. The van der Waals surface area contributed by atoms with Gasteiger partial charge in [-0.1, -0.05) is 103 Å². The Labute approximate surface area is 256 Å². The molecule has 3 aromatic heterocycles. The fourth-order valence-corrected chi connectivity index (χ4v) is 8.46. The number of benzene rings is 7. The van der Waals surface area contributed by atoms with Crippen molar-refractivity contribution in [2.24, 2.45) is 0 Å². The quantitative estimate of drug-likeness (QED) is 0.187. The standard InChI is InChI=1S/C41H23NOS/c43-41-34-15-6-5-14-33(34)40-39-37(23-44-40)36-22-27(17-19-38(36)42(39)41)25-9-7-8-24(20-25)26-16-18-32-30-12-2-1-10-28(30)29-11-3-4-13-31(29)35(32)21-26/h1-23H. The van der Waals surface area contributed by atoms with Gasteiger partial charge in [0.05, 0.1) is 15.7 Å². The number of nitrogens with zero attached hydrogens (tertiary/aromatic N) is 1. The first-order chi connectivity index (χ1) is 21.7. The molecule has 10 aromatic rings. The average molecular weight is 578 g/mol. The highest BCUT2D eigenvalue weighted by Gasteiger charge is 2.19. The number of thiophene rings is 1. The van der Waals surface area contributed by atoms with Crippen LogP contribution in [0.4, 0.5) is 0 Å². The summed E-state index contributed by atoms with van der Waals surface area (Å²) in [5.74, 6) is 0. The van der Waals surface area contributed by atoms with E-state index < -0.39 is 0 Å². The van der Waals surface area contributed by atoms with Gasteiger partial charge < -0.3 is 0 Å². The Hall–Kier alpha value is -5.51. The van der Waals surface area contributed by atoms with Crippen molar-refractivity contribution >= 4 is 80.9 Å². The van der Waals surface area contributed by atoms with Crippen LogP contribution < -0.4 is 5.56 Å². The maximum Gasteiger partial charge on any atom is 0.263 e. The van der Waals surface area contributed by atoms with Crippen molar-refractivity contribution in [1.82, 2.24) is 4.40 Å². The Bertz CT molecular complexity index is 2820. The number of hydrogen-bond acceptors (Lipinski definition) is 2. The monoisotopic (exact) mass is 577 g/mol. The third kappa shape index (κ3) is 3.17. The third-order valence-electron chi connectivity index (χ3n) is 9.39. The number of aromatic nitrogens is 1. The second kappa shape index (κ2) is 8.76. The minimum Gasteiger partial charge on any atom is -0.274 e. The molecule has 0 aliphatic heterocycles. The number of rotatable bonds is 2. The van der Waals surface area contributed by atoms with E-state index in [-0.39, 0.29) is 5.56 Å². The van der Waals surface area contributed by atoms with Crippen LogP contribution in [0.1, 0.15) is 0 Å². The van der Waals surface area contributed by atoms with Crippen molar-refractivity contribution in [2.45, 2.75) is 0 Å². The summed E-state index contributed by atoms with van der Waals surface area (Å²) in [6.45, 7) is 0. The molecule has 0 aliphatic carbocycles. The lowest BCUT2D eigenvalue weighted by Crippen LogP contribution is -2.12. The van der Waals surface area contributed by atoms with E-state index in [9.17, 15) is 4.79 Å². The molecule has 44 heavy (non-hydrogen) atoms. The lowest BCUT2D eigenvalue weighted by molar-refractivity contribution is 1.21. The van der Waals surface area contributed by atoms with Crippen molar-refractivity contribution in [1.29, 1.82) is 0 Å². The zero-order valence-corrected chi connectivity index (χ0v) is 24.4. The topological polar surface area (TPSA) is 21.5 Å². The Morgan fingerprint density at radius 3 is 1.61 bits per heavy atom. The van der Waals surface area contributed by atoms with Gasteiger partial charge >= 0.3 is 0 Å². The molecular weight excluding hydrogens is 555 g/mol. The highest BCUT2D eigenvalue weighted by molar-refractivity contribution is 7.19. The van der Waals surface area contributed by atoms with E-state index in [1.807, 2.05) is 22.6 Å². The predicted molar refractivity (Wildman–Crippen MR) is 189 cm³/mol. The van der Waals surface area contributed by atoms with Crippen LogP contribution in [0.25, 0.3) is 91.8 Å². The Morgan fingerprint density at radius 2 is 0.932 bits per heavy atom. The van der Waals surface area contributed by atoms with E-state index in [2.05, 4.69) is 121 Å². The molecule has 0 saturated heterocycles. The van der Waals surface area contributed by atoms with Crippen molar-refractivity contribution in [3.05, 3.63) is 149 Å². The molecule has 0 saturated carbocycles. The normalized spacial score (nSPS) is 12.2. The first-order valence-electron chi connectivity index (χ1n) is 14.9. The maximum absolute atomic E-state index is 13.6. The van der Waals surface area contributed by atoms with Crippen LogP contribution in [0.2, 0.25) is 0 Å². The molecule has 0 bridgehead atoms. The van der Waals surface area contributed by atoms with E-state index in [0.29, 0.717) is 0 Å². The van der Waals surface area contributed by atoms with E-state index in [0.717, 1.165) is 43.7 Å². The molecule has 0 atom stereocenters. The van der Waals surface area contributed by atoms with Gasteiger partial charge in [0.25, 0.3) is 5.56 Å². The second-order valence-electron chi connectivity index (χ2n) is 11.7. The highest BCUT2D eigenvalue weighted by Crippen LogP contribution is 2.41. The zero-order chi connectivity index (χ0) is 28.9. The molecule has 0 N–H and O–H groups in total. The number of hydrogen-bond donors (Lipinski definition) is 0. The summed E-state index contributed by atoms with van der Waals surface area (Å²) in [6.07, 6.45) is 0. The average Bonchev–Trinajstić information content (AvgIpc) is 3.67.